The highest BCUT2D eigenvalue weighted by molar-refractivity contribution is 14.0. The summed E-state index contributed by atoms with van der Waals surface area (Å²) in [6.45, 7) is 6.77. The molecule has 2 fully saturated rings. The molecule has 1 aromatic heterocycles. The minimum atomic E-state index is -0.0446. The first-order chi connectivity index (χ1) is 16.1. The molecule has 0 bridgehead atoms. The molecule has 34 heavy (non-hydrogen) atoms. The van der Waals surface area contributed by atoms with Crippen molar-refractivity contribution in [3.8, 4) is 0 Å². The van der Waals surface area contributed by atoms with Gasteiger partial charge in [-0.25, -0.2) is 4.98 Å². The molecule has 7 nitrogen and oxygen atoms in total. The maximum absolute atomic E-state index is 12.3. The van der Waals surface area contributed by atoms with Crippen LogP contribution in [0.5, 0.6) is 0 Å². The number of halogens is 1. The van der Waals surface area contributed by atoms with Crippen LogP contribution in [0.3, 0.4) is 0 Å². The van der Waals surface area contributed by atoms with Crippen LogP contribution in [-0.4, -0.2) is 65.9 Å². The molecule has 4 rings (SSSR count). The van der Waals surface area contributed by atoms with Crippen molar-refractivity contribution in [2.75, 3.05) is 38.5 Å². The summed E-state index contributed by atoms with van der Waals surface area (Å²) in [5, 5.41) is 6.25. The van der Waals surface area contributed by atoms with Gasteiger partial charge in [0.25, 0.3) is 0 Å². The van der Waals surface area contributed by atoms with Crippen molar-refractivity contribution >= 4 is 41.7 Å². The van der Waals surface area contributed by atoms with Gasteiger partial charge >= 0.3 is 0 Å². The summed E-state index contributed by atoms with van der Waals surface area (Å²) in [5.74, 6) is 2.10. The minimum absolute atomic E-state index is 0. The summed E-state index contributed by atoms with van der Waals surface area (Å²) in [7, 11) is 1.83. The van der Waals surface area contributed by atoms with Crippen LogP contribution in [0, 0.1) is 12.8 Å². The first-order valence-corrected chi connectivity index (χ1v) is 12.1. The second-order valence-corrected chi connectivity index (χ2v) is 9.15. The Morgan fingerprint density at radius 3 is 2.71 bits per heavy atom. The number of likely N-dealkylation sites (tertiary alicyclic amines) is 2. The first-order valence-electron chi connectivity index (χ1n) is 12.1. The fraction of sp³-hybridized carbons (Fsp3) is 0.500. The molecule has 2 N–H and O–H groups in total. The van der Waals surface area contributed by atoms with Crippen LogP contribution in [0.2, 0.25) is 0 Å². The van der Waals surface area contributed by atoms with E-state index in [9.17, 15) is 4.79 Å². The van der Waals surface area contributed by atoms with Gasteiger partial charge in [0.2, 0.25) is 5.91 Å². The van der Waals surface area contributed by atoms with Crippen molar-refractivity contribution in [3.63, 3.8) is 0 Å². The molecule has 1 amide bonds. The van der Waals surface area contributed by atoms with E-state index < -0.39 is 0 Å². The molecule has 2 aliphatic heterocycles. The number of aromatic nitrogens is 1. The van der Waals surface area contributed by atoms with Gasteiger partial charge in [-0.2, -0.15) is 0 Å². The molecule has 0 radical (unpaired) electrons. The number of anilines is 1. The number of carbonyl (C=O) groups excluding carboxylic acids is 1. The molecule has 2 aromatic rings. The molecule has 2 atom stereocenters. The van der Waals surface area contributed by atoms with Crippen LogP contribution in [-0.2, 0) is 11.3 Å². The molecule has 3 heterocycles. The van der Waals surface area contributed by atoms with Gasteiger partial charge in [-0.1, -0.05) is 36.4 Å². The fourth-order valence-electron chi connectivity index (χ4n) is 5.08. The van der Waals surface area contributed by atoms with Crippen LogP contribution in [0.4, 0.5) is 5.82 Å². The number of hydrogen-bond acceptors (Lipinski definition) is 4. The summed E-state index contributed by atoms with van der Waals surface area (Å²) < 4.78 is 0. The van der Waals surface area contributed by atoms with E-state index in [0.717, 1.165) is 37.6 Å². The van der Waals surface area contributed by atoms with E-state index in [0.29, 0.717) is 30.7 Å². The van der Waals surface area contributed by atoms with E-state index in [1.807, 2.05) is 26.1 Å². The minimum Gasteiger partial charge on any atom is -0.356 e. The zero-order chi connectivity index (χ0) is 23.0. The third-order valence-electron chi connectivity index (χ3n) is 6.74. The highest BCUT2D eigenvalue weighted by Crippen LogP contribution is 2.31. The number of piperidine rings is 2. The Bertz CT molecular complexity index is 936. The Hall–Kier alpha value is -2.20. The number of benzene rings is 1. The molecule has 184 valence electrons. The summed E-state index contributed by atoms with van der Waals surface area (Å²) >= 11 is 0. The monoisotopic (exact) mass is 576 g/mol. The van der Waals surface area contributed by atoms with Crippen molar-refractivity contribution < 1.29 is 4.79 Å². The quantitative estimate of drug-likeness (QED) is 0.310. The summed E-state index contributed by atoms with van der Waals surface area (Å²) in [6.07, 6.45) is 5.80. The number of nitrogens with one attached hydrogen (secondary N) is 2. The van der Waals surface area contributed by atoms with E-state index in [1.165, 1.54) is 24.9 Å². The molecule has 2 aliphatic rings. The van der Waals surface area contributed by atoms with Gasteiger partial charge < -0.3 is 15.5 Å². The lowest BCUT2D eigenvalue weighted by Gasteiger charge is -2.48. The molecule has 0 aliphatic carbocycles. The van der Waals surface area contributed by atoms with E-state index in [-0.39, 0.29) is 29.9 Å². The SMILES string of the molecule is CN=C(NCCC(=O)Nc1ccc(C)cn1)N1CCC2C(CCCN2Cc2ccccc2)C1.I. The van der Waals surface area contributed by atoms with Crippen molar-refractivity contribution in [1.82, 2.24) is 20.1 Å². The lowest BCUT2D eigenvalue weighted by Crippen LogP contribution is -2.56. The molecule has 0 saturated carbocycles. The lowest BCUT2D eigenvalue weighted by molar-refractivity contribution is -0.116. The van der Waals surface area contributed by atoms with Gasteiger partial charge in [-0.15, -0.1) is 24.0 Å². The standard InChI is InChI=1S/C26H36N6O.HI/c1-20-10-11-24(29-17-20)30-25(33)12-14-28-26(27-2)32-16-13-23-22(19-32)9-6-15-31(23)18-21-7-4-3-5-8-21;/h3-5,7-8,10-11,17,22-23H,6,9,12-16,18-19H2,1-2H3,(H,27,28)(H,29,30,33);1H. The predicted octanol–water partition coefficient (Wildman–Crippen LogP) is 3.90. The largest absolute Gasteiger partial charge is 0.356 e. The van der Waals surface area contributed by atoms with Crippen molar-refractivity contribution in [1.29, 1.82) is 0 Å². The van der Waals surface area contributed by atoms with Crippen LogP contribution >= 0.6 is 24.0 Å². The molecule has 2 saturated heterocycles. The van der Waals surface area contributed by atoms with E-state index in [2.05, 4.69) is 60.7 Å². The zero-order valence-corrected chi connectivity index (χ0v) is 22.6. The second-order valence-electron chi connectivity index (χ2n) is 9.15. The fourth-order valence-corrected chi connectivity index (χ4v) is 5.08. The van der Waals surface area contributed by atoms with Crippen LogP contribution in [0.25, 0.3) is 0 Å². The Kier molecular flexibility index (Phi) is 10.1. The number of aliphatic imine (C=N–C) groups is 1. The number of nitrogens with zero attached hydrogens (tertiary/aromatic N) is 4. The number of fused-ring (bicyclic) bond motifs is 1. The molecular formula is C26H37IN6O. The van der Waals surface area contributed by atoms with Crippen LogP contribution in [0.15, 0.2) is 53.7 Å². The normalized spacial score (nSPS) is 20.8. The summed E-state index contributed by atoms with van der Waals surface area (Å²) in [4.78, 5) is 26.1. The highest BCUT2D eigenvalue weighted by Gasteiger charge is 2.36. The number of pyridine rings is 1. The van der Waals surface area contributed by atoms with E-state index in [4.69, 9.17) is 0 Å². The number of aryl methyl sites for hydroxylation is 1. The number of rotatable bonds is 6. The topological polar surface area (TPSA) is 72.9 Å². The van der Waals surface area contributed by atoms with Crippen LogP contribution < -0.4 is 10.6 Å². The van der Waals surface area contributed by atoms with Crippen molar-refractivity contribution in [2.45, 2.75) is 45.2 Å². The van der Waals surface area contributed by atoms with E-state index >= 15 is 0 Å². The van der Waals surface area contributed by atoms with Gasteiger partial charge in [-0.05, 0) is 55.8 Å². The lowest BCUT2D eigenvalue weighted by atomic mass is 9.83. The Morgan fingerprint density at radius 2 is 1.97 bits per heavy atom. The maximum atomic E-state index is 12.3. The Labute approximate surface area is 220 Å². The molecule has 0 spiro atoms. The number of amides is 1. The van der Waals surface area contributed by atoms with Gasteiger partial charge in [0.15, 0.2) is 5.96 Å². The Morgan fingerprint density at radius 1 is 1.15 bits per heavy atom. The molecular weight excluding hydrogens is 539 g/mol. The molecule has 8 heteroatoms. The number of guanidine groups is 1. The average molecular weight is 577 g/mol. The van der Waals surface area contributed by atoms with Gasteiger partial charge in [0, 0.05) is 51.9 Å². The molecule has 2 unspecified atom stereocenters. The summed E-state index contributed by atoms with van der Waals surface area (Å²) in [5.41, 5.74) is 2.47. The summed E-state index contributed by atoms with van der Waals surface area (Å²) in [6, 6.07) is 15.2. The third kappa shape index (κ3) is 7.15. The van der Waals surface area contributed by atoms with Gasteiger partial charge in [0.05, 0.1) is 0 Å². The highest BCUT2D eigenvalue weighted by atomic mass is 127. The van der Waals surface area contributed by atoms with E-state index in [1.54, 1.807) is 6.20 Å². The van der Waals surface area contributed by atoms with Gasteiger partial charge in [0.1, 0.15) is 5.82 Å². The first kappa shape index (κ1) is 26.4. The second kappa shape index (κ2) is 13.0. The predicted molar refractivity (Wildman–Crippen MR) is 149 cm³/mol. The smallest absolute Gasteiger partial charge is 0.227 e. The third-order valence-corrected chi connectivity index (χ3v) is 6.74. The number of carbonyl (C=O) groups is 1. The zero-order valence-electron chi connectivity index (χ0n) is 20.2. The molecule has 1 aromatic carbocycles. The van der Waals surface area contributed by atoms with Gasteiger partial charge in [-0.3, -0.25) is 14.7 Å². The average Bonchev–Trinajstić information content (AvgIpc) is 2.84. The Balaban J connectivity index is 0.00000324. The van der Waals surface area contributed by atoms with Crippen LogP contribution in [0.1, 0.15) is 36.8 Å². The number of hydrogen-bond donors (Lipinski definition) is 2. The van der Waals surface area contributed by atoms with Crippen molar-refractivity contribution in [2.24, 2.45) is 10.9 Å². The van der Waals surface area contributed by atoms with Crippen molar-refractivity contribution in [3.05, 3.63) is 59.8 Å². The maximum Gasteiger partial charge on any atom is 0.227 e.